The molecule has 0 aromatic heterocycles. The third kappa shape index (κ3) is 4.66. The lowest BCUT2D eigenvalue weighted by Crippen LogP contribution is -2.43. The van der Waals surface area contributed by atoms with E-state index in [-0.39, 0.29) is 18.4 Å². The molecule has 0 bridgehead atoms. The first-order chi connectivity index (χ1) is 10.5. The van der Waals surface area contributed by atoms with Crippen molar-refractivity contribution < 1.29 is 24.1 Å². The molecular weight excluding hydrogens is 291 g/mol. The van der Waals surface area contributed by atoms with Gasteiger partial charge in [0.15, 0.2) is 0 Å². The van der Waals surface area contributed by atoms with Crippen LogP contribution in [0.1, 0.15) is 0 Å². The Morgan fingerprint density at radius 1 is 1.41 bits per heavy atom. The van der Waals surface area contributed by atoms with Crippen LogP contribution in [-0.2, 0) is 4.79 Å². The van der Waals surface area contributed by atoms with E-state index < -0.39 is 12.1 Å². The van der Waals surface area contributed by atoms with Crippen LogP contribution >= 0.6 is 0 Å². The van der Waals surface area contributed by atoms with E-state index in [1.165, 1.54) is 12.1 Å². The molecule has 122 valence electrons. The van der Waals surface area contributed by atoms with Gasteiger partial charge in [-0.1, -0.05) is 0 Å². The second-order valence-electron chi connectivity index (χ2n) is 5.51. The third-order valence-electron chi connectivity index (χ3n) is 3.78. The van der Waals surface area contributed by atoms with Crippen molar-refractivity contribution in [1.29, 1.82) is 0 Å². The van der Waals surface area contributed by atoms with Crippen LogP contribution in [0.4, 0.5) is 4.39 Å². The number of hydrogen-bond acceptors (Lipinski definition) is 5. The average Bonchev–Trinajstić information content (AvgIpc) is 2.81. The minimum atomic E-state index is -0.909. The van der Waals surface area contributed by atoms with Gasteiger partial charge in [0.05, 0.1) is 12.6 Å². The van der Waals surface area contributed by atoms with E-state index in [1.807, 2.05) is 4.90 Å². The van der Waals surface area contributed by atoms with Gasteiger partial charge in [0.2, 0.25) is 0 Å². The predicted molar refractivity (Wildman–Crippen MR) is 78.4 cm³/mol. The van der Waals surface area contributed by atoms with Crippen LogP contribution in [0.15, 0.2) is 24.3 Å². The van der Waals surface area contributed by atoms with Crippen molar-refractivity contribution in [2.75, 3.05) is 39.8 Å². The van der Waals surface area contributed by atoms with Crippen molar-refractivity contribution in [1.82, 2.24) is 9.80 Å². The number of carboxylic acid groups (broad SMARTS) is 1. The van der Waals surface area contributed by atoms with Gasteiger partial charge in [-0.05, 0) is 31.3 Å². The van der Waals surface area contributed by atoms with Crippen LogP contribution in [0.25, 0.3) is 0 Å². The highest BCUT2D eigenvalue weighted by Crippen LogP contribution is 2.16. The summed E-state index contributed by atoms with van der Waals surface area (Å²) >= 11 is 0. The van der Waals surface area contributed by atoms with Crippen LogP contribution in [0, 0.1) is 5.82 Å². The number of β-amino-alcohol motifs (C(OH)–C–C–N with tert-alkyl or cyclic N) is 1. The zero-order valence-corrected chi connectivity index (χ0v) is 12.5. The second kappa shape index (κ2) is 7.53. The van der Waals surface area contributed by atoms with Gasteiger partial charge in [-0.15, -0.1) is 0 Å². The molecule has 6 nitrogen and oxygen atoms in total. The summed E-state index contributed by atoms with van der Waals surface area (Å²) in [6, 6.07) is 5.62. The zero-order valence-electron chi connectivity index (χ0n) is 12.5. The van der Waals surface area contributed by atoms with Gasteiger partial charge in [0, 0.05) is 25.7 Å². The molecule has 7 heteroatoms. The molecule has 2 atom stereocenters. The number of aliphatic carboxylic acids is 1. The molecule has 1 aromatic rings. The molecule has 1 saturated heterocycles. The van der Waals surface area contributed by atoms with Crippen molar-refractivity contribution in [3.8, 4) is 5.75 Å². The van der Waals surface area contributed by atoms with Gasteiger partial charge in [-0.2, -0.15) is 0 Å². The molecule has 1 aliphatic rings. The van der Waals surface area contributed by atoms with Crippen LogP contribution in [0.2, 0.25) is 0 Å². The van der Waals surface area contributed by atoms with Gasteiger partial charge in [0.25, 0.3) is 0 Å². The standard InChI is InChI=1S/C15H21FN2O4/c1-17(10-15(20)21)13-8-18(9-14(13)19)6-7-22-12-4-2-11(16)3-5-12/h2-5,13-14,19H,6-10H2,1H3,(H,20,21)/t13-,14-/m1/s1. The molecule has 0 spiro atoms. The summed E-state index contributed by atoms with van der Waals surface area (Å²) in [6.07, 6.45) is -0.574. The van der Waals surface area contributed by atoms with E-state index in [4.69, 9.17) is 9.84 Å². The maximum atomic E-state index is 12.8. The molecule has 1 fully saturated rings. The Bertz CT molecular complexity index is 497. The first-order valence-corrected chi connectivity index (χ1v) is 7.16. The number of aliphatic hydroxyl groups excluding tert-OH is 1. The molecule has 0 amide bonds. The second-order valence-corrected chi connectivity index (χ2v) is 5.51. The Balaban J connectivity index is 1.75. The Kier molecular flexibility index (Phi) is 5.70. The normalized spacial score (nSPS) is 22.2. The Morgan fingerprint density at radius 2 is 2.09 bits per heavy atom. The Morgan fingerprint density at radius 3 is 2.73 bits per heavy atom. The summed E-state index contributed by atoms with van der Waals surface area (Å²) in [5.74, 6) is -0.618. The van der Waals surface area contributed by atoms with E-state index in [9.17, 15) is 14.3 Å². The fourth-order valence-electron chi connectivity index (χ4n) is 2.62. The van der Waals surface area contributed by atoms with Crippen molar-refractivity contribution in [3.63, 3.8) is 0 Å². The quantitative estimate of drug-likeness (QED) is 0.753. The molecule has 2 N–H and O–H groups in total. The molecule has 0 saturated carbocycles. The van der Waals surface area contributed by atoms with Crippen molar-refractivity contribution in [2.24, 2.45) is 0 Å². The minimum absolute atomic E-state index is 0.0956. The number of carbonyl (C=O) groups is 1. The van der Waals surface area contributed by atoms with E-state index in [0.717, 1.165) is 0 Å². The van der Waals surface area contributed by atoms with Gasteiger partial charge in [-0.25, -0.2) is 4.39 Å². The third-order valence-corrected chi connectivity index (χ3v) is 3.78. The number of likely N-dealkylation sites (tertiary alicyclic amines) is 1. The monoisotopic (exact) mass is 312 g/mol. The number of rotatable bonds is 7. The van der Waals surface area contributed by atoms with Crippen molar-refractivity contribution >= 4 is 5.97 Å². The van der Waals surface area contributed by atoms with E-state index in [2.05, 4.69) is 0 Å². The Labute approximate surface area is 128 Å². The summed E-state index contributed by atoms with van der Waals surface area (Å²) in [4.78, 5) is 14.4. The highest BCUT2D eigenvalue weighted by atomic mass is 19.1. The first-order valence-electron chi connectivity index (χ1n) is 7.16. The van der Waals surface area contributed by atoms with Crippen LogP contribution in [-0.4, -0.2) is 78.0 Å². The molecular formula is C15H21FN2O4. The summed E-state index contributed by atoms with van der Waals surface area (Å²) in [6.45, 7) is 2.03. The topological polar surface area (TPSA) is 73.2 Å². The van der Waals surface area contributed by atoms with Gasteiger partial charge < -0.3 is 14.9 Å². The molecule has 1 heterocycles. The van der Waals surface area contributed by atoms with E-state index in [0.29, 0.717) is 32.0 Å². The van der Waals surface area contributed by atoms with Crippen LogP contribution in [0.3, 0.4) is 0 Å². The number of halogens is 1. The SMILES string of the molecule is CN(CC(=O)O)[C@@H]1CN(CCOc2ccc(F)cc2)C[C@H]1O. The highest BCUT2D eigenvalue weighted by Gasteiger charge is 2.34. The first kappa shape index (κ1) is 16.7. The molecule has 1 aliphatic heterocycles. The maximum absolute atomic E-state index is 12.8. The fourth-order valence-corrected chi connectivity index (χ4v) is 2.62. The summed E-state index contributed by atoms with van der Waals surface area (Å²) < 4.78 is 18.3. The Hall–Kier alpha value is -1.70. The van der Waals surface area contributed by atoms with Crippen LogP contribution in [0.5, 0.6) is 5.75 Å². The zero-order chi connectivity index (χ0) is 16.1. The number of hydrogen-bond donors (Lipinski definition) is 2. The smallest absolute Gasteiger partial charge is 0.317 e. The van der Waals surface area contributed by atoms with Gasteiger partial charge in [-0.3, -0.25) is 14.6 Å². The van der Waals surface area contributed by atoms with E-state index in [1.54, 1.807) is 24.1 Å². The maximum Gasteiger partial charge on any atom is 0.317 e. The molecule has 22 heavy (non-hydrogen) atoms. The lowest BCUT2D eigenvalue weighted by atomic mass is 10.2. The van der Waals surface area contributed by atoms with Crippen molar-refractivity contribution in [3.05, 3.63) is 30.1 Å². The van der Waals surface area contributed by atoms with Gasteiger partial charge in [0.1, 0.15) is 18.2 Å². The summed E-state index contributed by atoms with van der Waals surface area (Å²) in [7, 11) is 1.69. The predicted octanol–water partition coefficient (Wildman–Crippen LogP) is 0.266. The van der Waals surface area contributed by atoms with E-state index >= 15 is 0 Å². The average molecular weight is 312 g/mol. The molecule has 0 aliphatic carbocycles. The van der Waals surface area contributed by atoms with Crippen molar-refractivity contribution in [2.45, 2.75) is 12.1 Å². The number of benzene rings is 1. The highest BCUT2D eigenvalue weighted by molar-refractivity contribution is 5.69. The number of carboxylic acids is 1. The molecule has 0 unspecified atom stereocenters. The lowest BCUT2D eigenvalue weighted by molar-refractivity contribution is -0.138. The largest absolute Gasteiger partial charge is 0.492 e. The lowest BCUT2D eigenvalue weighted by Gasteiger charge is -2.24. The number of likely N-dealkylation sites (N-methyl/N-ethyl adjacent to an activating group) is 1. The summed E-state index contributed by atoms with van der Waals surface area (Å²) in [5, 5.41) is 18.8. The minimum Gasteiger partial charge on any atom is -0.492 e. The number of aliphatic hydroxyl groups is 1. The number of ether oxygens (including phenoxy) is 1. The molecule has 0 radical (unpaired) electrons. The molecule has 1 aromatic carbocycles. The summed E-state index contributed by atoms with van der Waals surface area (Å²) in [5.41, 5.74) is 0. The van der Waals surface area contributed by atoms with Gasteiger partial charge >= 0.3 is 5.97 Å². The fraction of sp³-hybridized carbons (Fsp3) is 0.533. The molecule has 2 rings (SSSR count). The number of nitrogens with zero attached hydrogens (tertiary/aromatic N) is 2. The van der Waals surface area contributed by atoms with Crippen LogP contribution < -0.4 is 4.74 Å².